The highest BCUT2D eigenvalue weighted by atomic mass is 32.1. The number of halogens is 1. The number of hydrogen-bond donors (Lipinski definition) is 4. The van der Waals surface area contributed by atoms with Gasteiger partial charge in [0.1, 0.15) is 30.5 Å². The van der Waals surface area contributed by atoms with Crippen molar-refractivity contribution >= 4 is 22.3 Å². The molecule has 0 saturated heterocycles. The second-order valence-corrected chi connectivity index (χ2v) is 10.8. The molecule has 39 heavy (non-hydrogen) atoms. The lowest BCUT2D eigenvalue weighted by Gasteiger charge is -2.11. The van der Waals surface area contributed by atoms with E-state index >= 15 is 0 Å². The zero-order chi connectivity index (χ0) is 27.2. The monoisotopic (exact) mass is 546 g/mol. The Bertz CT molecular complexity index is 1420. The molecule has 5 rings (SSSR count). The Morgan fingerprint density at radius 3 is 2.21 bits per heavy atom. The average molecular weight is 547 g/mol. The van der Waals surface area contributed by atoms with Crippen LogP contribution in [0.25, 0.3) is 11.3 Å². The lowest BCUT2D eigenvalue weighted by Crippen LogP contribution is -2.20. The molecule has 1 aromatic heterocycles. The van der Waals surface area contributed by atoms with Gasteiger partial charge in [0.25, 0.3) is 0 Å². The maximum absolute atomic E-state index is 14.1. The number of benzene rings is 3. The molecule has 0 amide bonds. The third-order valence-electron chi connectivity index (χ3n) is 6.95. The fourth-order valence-electron chi connectivity index (χ4n) is 4.83. The van der Waals surface area contributed by atoms with Gasteiger partial charge < -0.3 is 15.2 Å². The summed E-state index contributed by atoms with van der Waals surface area (Å²) in [5.74, 6) is 0.789. The fraction of sp³-hybridized carbons (Fsp3) is 0.267. The van der Waals surface area contributed by atoms with Gasteiger partial charge in [-0.3, -0.25) is 16.1 Å². The normalized spacial score (nSPS) is 13.4. The van der Waals surface area contributed by atoms with E-state index < -0.39 is 11.7 Å². The number of nitrogens with zero attached hydrogens (tertiary/aromatic N) is 1. The van der Waals surface area contributed by atoms with E-state index in [-0.39, 0.29) is 12.2 Å². The van der Waals surface area contributed by atoms with Crippen molar-refractivity contribution in [2.75, 3.05) is 5.73 Å². The number of anilines is 1. The van der Waals surface area contributed by atoms with Crippen molar-refractivity contribution in [1.29, 1.82) is 5.41 Å². The first-order chi connectivity index (χ1) is 19.0. The third kappa shape index (κ3) is 6.74. The predicted molar refractivity (Wildman–Crippen MR) is 151 cm³/mol. The lowest BCUT2D eigenvalue weighted by molar-refractivity contribution is 0.233. The highest BCUT2D eigenvalue weighted by Gasteiger charge is 2.20. The SMILES string of the molecule is N=C(NO)c1ccc(OCc2ccc(COc3ccc(-c4nc(N)sc4CC4CCCC4)cc3)cc2)cc1F. The summed E-state index contributed by atoms with van der Waals surface area (Å²) in [5.41, 5.74) is 11.6. The molecule has 1 aliphatic rings. The van der Waals surface area contributed by atoms with Crippen LogP contribution in [0.3, 0.4) is 0 Å². The molecule has 0 bridgehead atoms. The Morgan fingerprint density at radius 1 is 0.974 bits per heavy atom. The van der Waals surface area contributed by atoms with Crippen molar-refractivity contribution < 1.29 is 19.1 Å². The van der Waals surface area contributed by atoms with Crippen LogP contribution in [0.2, 0.25) is 0 Å². The van der Waals surface area contributed by atoms with Crippen LogP contribution in [0.15, 0.2) is 66.7 Å². The lowest BCUT2D eigenvalue weighted by atomic mass is 10.0. The predicted octanol–water partition coefficient (Wildman–Crippen LogP) is 6.73. The molecular weight excluding hydrogens is 515 g/mol. The van der Waals surface area contributed by atoms with E-state index in [9.17, 15) is 4.39 Å². The van der Waals surface area contributed by atoms with Gasteiger partial charge in [0.05, 0.1) is 11.3 Å². The fourth-order valence-corrected chi connectivity index (χ4v) is 5.80. The van der Waals surface area contributed by atoms with Crippen LogP contribution in [0.4, 0.5) is 9.52 Å². The summed E-state index contributed by atoms with van der Waals surface area (Å²) in [7, 11) is 0. The zero-order valence-corrected chi connectivity index (χ0v) is 22.3. The number of amidine groups is 1. The van der Waals surface area contributed by atoms with Crippen LogP contribution in [0.5, 0.6) is 11.5 Å². The second-order valence-electron chi connectivity index (χ2n) is 9.73. The Morgan fingerprint density at radius 2 is 1.59 bits per heavy atom. The molecular formula is C30H31FN4O3S. The summed E-state index contributed by atoms with van der Waals surface area (Å²) in [6.07, 6.45) is 6.29. The summed E-state index contributed by atoms with van der Waals surface area (Å²) in [6, 6.07) is 20.0. The molecule has 5 N–H and O–H groups in total. The molecule has 4 aromatic rings. The van der Waals surface area contributed by atoms with E-state index in [0.717, 1.165) is 40.5 Å². The van der Waals surface area contributed by atoms with E-state index in [1.165, 1.54) is 42.7 Å². The van der Waals surface area contributed by atoms with Gasteiger partial charge in [-0.25, -0.2) is 9.37 Å². The van der Waals surface area contributed by atoms with Crippen LogP contribution < -0.4 is 20.7 Å². The molecule has 1 heterocycles. The van der Waals surface area contributed by atoms with Gasteiger partial charge in [-0.15, -0.1) is 11.3 Å². The summed E-state index contributed by atoms with van der Waals surface area (Å²) in [6.45, 7) is 0.690. The van der Waals surface area contributed by atoms with Crippen molar-refractivity contribution in [3.8, 4) is 22.8 Å². The van der Waals surface area contributed by atoms with E-state index in [2.05, 4.69) is 4.98 Å². The van der Waals surface area contributed by atoms with Gasteiger partial charge >= 0.3 is 0 Å². The number of nitrogens with two attached hydrogens (primary N) is 1. The van der Waals surface area contributed by atoms with Gasteiger partial charge in [-0.2, -0.15) is 0 Å². The van der Waals surface area contributed by atoms with Gasteiger partial charge in [0.2, 0.25) is 0 Å². The number of nitrogen functional groups attached to an aromatic ring is 1. The average Bonchev–Trinajstić information content (AvgIpc) is 3.60. The topological polar surface area (TPSA) is 113 Å². The van der Waals surface area contributed by atoms with E-state index in [4.69, 9.17) is 25.8 Å². The van der Waals surface area contributed by atoms with Gasteiger partial charge in [0, 0.05) is 16.5 Å². The second kappa shape index (κ2) is 12.3. The van der Waals surface area contributed by atoms with E-state index in [1.807, 2.05) is 48.5 Å². The molecule has 0 radical (unpaired) electrons. The summed E-state index contributed by atoms with van der Waals surface area (Å²) in [5, 5.41) is 16.9. The number of rotatable bonds is 10. The van der Waals surface area contributed by atoms with Crippen molar-refractivity contribution in [3.63, 3.8) is 0 Å². The van der Waals surface area contributed by atoms with Crippen LogP contribution in [0.1, 0.15) is 47.3 Å². The van der Waals surface area contributed by atoms with Crippen molar-refractivity contribution in [2.45, 2.75) is 45.3 Å². The minimum absolute atomic E-state index is 0.0410. The Hall–Kier alpha value is -3.95. The maximum Gasteiger partial charge on any atom is 0.180 e. The van der Waals surface area contributed by atoms with Crippen LogP contribution in [0, 0.1) is 17.1 Å². The van der Waals surface area contributed by atoms with Gasteiger partial charge in [0.15, 0.2) is 11.0 Å². The number of thiazole rings is 1. The Labute approximate surface area is 230 Å². The summed E-state index contributed by atoms with van der Waals surface area (Å²) < 4.78 is 25.8. The van der Waals surface area contributed by atoms with Gasteiger partial charge in [-0.05, 0) is 59.9 Å². The van der Waals surface area contributed by atoms with Crippen molar-refractivity contribution in [2.24, 2.45) is 5.92 Å². The first kappa shape index (κ1) is 26.6. The summed E-state index contributed by atoms with van der Waals surface area (Å²) >= 11 is 1.61. The van der Waals surface area contributed by atoms with E-state index in [1.54, 1.807) is 22.9 Å². The minimum atomic E-state index is -0.653. The highest BCUT2D eigenvalue weighted by molar-refractivity contribution is 7.15. The van der Waals surface area contributed by atoms with Crippen LogP contribution in [-0.2, 0) is 19.6 Å². The molecule has 0 aliphatic heterocycles. The molecule has 3 aromatic carbocycles. The first-order valence-electron chi connectivity index (χ1n) is 13.0. The number of nitrogens with one attached hydrogen (secondary N) is 2. The van der Waals surface area contributed by atoms with Crippen LogP contribution >= 0.6 is 11.3 Å². The molecule has 1 fully saturated rings. The van der Waals surface area contributed by atoms with Crippen LogP contribution in [-0.4, -0.2) is 16.0 Å². The highest BCUT2D eigenvalue weighted by Crippen LogP contribution is 2.36. The standard InChI is InChI=1S/C30H31FN4O3S/c31-26-16-24(13-14-25(26)29(32)35-36)38-18-21-7-5-20(6-8-21)17-37-23-11-9-22(10-12-23)28-27(39-30(33)34-28)15-19-3-1-2-4-19/h5-14,16,19,36H,1-4,15,17-18H2,(H2,32,35)(H2,33,34). The third-order valence-corrected chi connectivity index (χ3v) is 7.85. The smallest absolute Gasteiger partial charge is 0.180 e. The zero-order valence-electron chi connectivity index (χ0n) is 21.5. The van der Waals surface area contributed by atoms with E-state index in [0.29, 0.717) is 17.5 Å². The Balaban J connectivity index is 1.13. The molecule has 0 unspecified atom stereocenters. The Kier molecular flexibility index (Phi) is 8.39. The molecule has 1 aliphatic carbocycles. The molecule has 9 heteroatoms. The van der Waals surface area contributed by atoms with Crippen molar-refractivity contribution in [3.05, 3.63) is 94.1 Å². The van der Waals surface area contributed by atoms with Gasteiger partial charge in [-0.1, -0.05) is 49.9 Å². The van der Waals surface area contributed by atoms with Crippen molar-refractivity contribution in [1.82, 2.24) is 10.5 Å². The summed E-state index contributed by atoms with van der Waals surface area (Å²) in [4.78, 5) is 5.89. The number of ether oxygens (including phenoxy) is 2. The first-order valence-corrected chi connectivity index (χ1v) is 13.8. The number of hydroxylamine groups is 1. The molecule has 1 saturated carbocycles. The minimum Gasteiger partial charge on any atom is -0.489 e. The molecule has 202 valence electrons. The maximum atomic E-state index is 14.1. The number of hydrogen-bond acceptors (Lipinski definition) is 7. The number of aromatic nitrogens is 1. The molecule has 0 atom stereocenters. The largest absolute Gasteiger partial charge is 0.489 e. The quantitative estimate of drug-likeness (QED) is 0.0997. The molecule has 7 nitrogen and oxygen atoms in total. The molecule has 0 spiro atoms.